The van der Waals surface area contributed by atoms with E-state index in [1.807, 2.05) is 21.4 Å². The van der Waals surface area contributed by atoms with Gasteiger partial charge >= 0.3 is 0 Å². The molecule has 2 aromatic rings. The maximum atomic E-state index is 11.1. The number of hydrogen-bond donors (Lipinski definition) is 0. The van der Waals surface area contributed by atoms with Crippen molar-refractivity contribution in [3.63, 3.8) is 0 Å². The number of halogens is 1. The first kappa shape index (κ1) is 21.8. The van der Waals surface area contributed by atoms with Crippen molar-refractivity contribution in [3.05, 3.63) is 22.1 Å². The average molecular weight is 457 g/mol. The summed E-state index contributed by atoms with van der Waals surface area (Å²) in [7, 11) is 0. The van der Waals surface area contributed by atoms with E-state index >= 15 is 0 Å². The van der Waals surface area contributed by atoms with Crippen LogP contribution in [0.25, 0.3) is 0 Å². The summed E-state index contributed by atoms with van der Waals surface area (Å²) in [5.74, 6) is 0.315. The number of amides is 2. The molecule has 0 atom stereocenters. The molecular formula is C18H25ClN6O2S2. The summed E-state index contributed by atoms with van der Waals surface area (Å²) in [4.78, 5) is 38.8. The van der Waals surface area contributed by atoms with Crippen LogP contribution in [0.5, 0.6) is 0 Å². The lowest BCUT2D eigenvalue weighted by atomic mass is 10.3. The number of piperazine rings is 2. The van der Waals surface area contributed by atoms with Crippen molar-refractivity contribution in [2.75, 3.05) is 62.2 Å². The van der Waals surface area contributed by atoms with Gasteiger partial charge in [0.2, 0.25) is 11.8 Å². The first-order valence-electron chi connectivity index (χ1n) is 9.46. The lowest BCUT2D eigenvalue weighted by molar-refractivity contribution is -0.129. The Labute approximate surface area is 183 Å². The topological polar surface area (TPSA) is 72.9 Å². The monoisotopic (exact) mass is 456 g/mol. The van der Waals surface area contributed by atoms with Crippen molar-refractivity contribution >= 4 is 56.4 Å². The highest BCUT2D eigenvalue weighted by Crippen LogP contribution is 2.26. The van der Waals surface area contributed by atoms with E-state index in [2.05, 4.69) is 19.8 Å². The maximum Gasteiger partial charge on any atom is 0.219 e. The highest BCUT2D eigenvalue weighted by molar-refractivity contribution is 7.19. The molecule has 29 heavy (non-hydrogen) atoms. The van der Waals surface area contributed by atoms with Gasteiger partial charge < -0.3 is 19.6 Å². The van der Waals surface area contributed by atoms with Crippen LogP contribution in [-0.4, -0.2) is 83.9 Å². The lowest BCUT2D eigenvalue weighted by Crippen LogP contribution is -2.48. The Morgan fingerprint density at radius 2 is 1.38 bits per heavy atom. The molecule has 2 fully saturated rings. The summed E-state index contributed by atoms with van der Waals surface area (Å²) in [5.41, 5.74) is 0. The van der Waals surface area contributed by atoms with Crippen molar-refractivity contribution in [1.82, 2.24) is 19.8 Å². The minimum absolute atomic E-state index is 0.145. The molecule has 0 spiro atoms. The van der Waals surface area contributed by atoms with E-state index in [9.17, 15) is 9.59 Å². The van der Waals surface area contributed by atoms with Gasteiger partial charge in [0.05, 0.1) is 6.20 Å². The fourth-order valence-corrected chi connectivity index (χ4v) is 4.84. The van der Waals surface area contributed by atoms with Crippen LogP contribution < -0.4 is 9.80 Å². The van der Waals surface area contributed by atoms with Crippen molar-refractivity contribution in [3.8, 4) is 0 Å². The number of aromatic nitrogens is 2. The Morgan fingerprint density at radius 3 is 1.76 bits per heavy atom. The molecule has 0 radical (unpaired) electrons. The van der Waals surface area contributed by atoms with E-state index < -0.39 is 0 Å². The number of anilines is 2. The van der Waals surface area contributed by atoms with Crippen LogP contribution in [0.2, 0.25) is 4.34 Å². The van der Waals surface area contributed by atoms with Gasteiger partial charge in [-0.2, -0.15) is 0 Å². The number of rotatable bonds is 2. The predicted octanol–water partition coefficient (Wildman–Crippen LogP) is 2.28. The molecule has 8 nitrogen and oxygen atoms in total. The predicted molar refractivity (Wildman–Crippen MR) is 118 cm³/mol. The summed E-state index contributed by atoms with van der Waals surface area (Å²) < 4.78 is 0.707. The second-order valence-corrected chi connectivity index (χ2v) is 9.26. The third-order valence-corrected chi connectivity index (χ3v) is 6.88. The van der Waals surface area contributed by atoms with E-state index in [4.69, 9.17) is 11.6 Å². The zero-order valence-corrected chi connectivity index (χ0v) is 19.0. The molecule has 2 aromatic heterocycles. The second-order valence-electron chi connectivity index (χ2n) is 6.75. The minimum atomic E-state index is 0.145. The molecule has 0 bridgehead atoms. The summed E-state index contributed by atoms with van der Waals surface area (Å²) in [6.07, 6.45) is 3.48. The fraction of sp³-hybridized carbons (Fsp3) is 0.556. The summed E-state index contributed by atoms with van der Waals surface area (Å²) in [6, 6.07) is 0. The number of carbonyl (C=O) groups is 2. The highest BCUT2D eigenvalue weighted by atomic mass is 35.5. The summed E-state index contributed by atoms with van der Waals surface area (Å²) in [5, 5.41) is 3.99. The van der Waals surface area contributed by atoms with Crippen LogP contribution in [0.4, 0.5) is 10.3 Å². The van der Waals surface area contributed by atoms with Gasteiger partial charge in [-0.15, -0.1) is 11.3 Å². The molecule has 2 saturated heterocycles. The zero-order chi connectivity index (χ0) is 20.8. The molecule has 11 heteroatoms. The SMILES string of the molecule is CC(=O)N1CCN(c2ncc(Cl)s2)CC1.CC(=O)N1CCN(c2nccs2)CC1. The van der Waals surface area contributed by atoms with Crippen molar-refractivity contribution in [1.29, 1.82) is 0 Å². The molecule has 0 N–H and O–H groups in total. The van der Waals surface area contributed by atoms with Crippen LogP contribution in [0, 0.1) is 0 Å². The first-order valence-corrected chi connectivity index (χ1v) is 11.5. The zero-order valence-electron chi connectivity index (χ0n) is 16.6. The smallest absolute Gasteiger partial charge is 0.219 e. The molecule has 0 aliphatic carbocycles. The van der Waals surface area contributed by atoms with Gasteiger partial charge in [-0.25, -0.2) is 9.97 Å². The van der Waals surface area contributed by atoms with Gasteiger partial charge in [-0.3, -0.25) is 9.59 Å². The standard InChI is InChI=1S/C9H12ClN3OS.C9H13N3OS/c1-7(14)12-2-4-13(5-3-12)9-11-6-8(10)15-9;1-8(13)11-3-5-12(6-4-11)9-10-2-7-14-9/h6H,2-5H2,1H3;2,7H,3-6H2,1H3. The van der Waals surface area contributed by atoms with Gasteiger partial charge in [0.15, 0.2) is 10.3 Å². The van der Waals surface area contributed by atoms with Crippen molar-refractivity contribution < 1.29 is 9.59 Å². The molecule has 4 heterocycles. The minimum Gasteiger partial charge on any atom is -0.345 e. The molecule has 0 aromatic carbocycles. The molecule has 158 valence electrons. The Balaban J connectivity index is 0.000000166. The number of carbonyl (C=O) groups excluding carboxylic acids is 2. The summed E-state index contributed by atoms with van der Waals surface area (Å²) >= 11 is 8.95. The maximum absolute atomic E-state index is 11.1. The third-order valence-electron chi connectivity index (χ3n) is 4.88. The molecule has 2 amide bonds. The van der Waals surface area contributed by atoms with E-state index in [0.717, 1.165) is 62.6 Å². The van der Waals surface area contributed by atoms with Gasteiger partial charge in [-0.1, -0.05) is 22.9 Å². The number of thiazole rings is 2. The summed E-state index contributed by atoms with van der Waals surface area (Å²) in [6.45, 7) is 9.87. The van der Waals surface area contributed by atoms with Crippen molar-refractivity contribution in [2.45, 2.75) is 13.8 Å². The van der Waals surface area contributed by atoms with Crippen LogP contribution >= 0.6 is 34.3 Å². The Kier molecular flexibility index (Phi) is 7.68. The van der Waals surface area contributed by atoms with Crippen LogP contribution in [0.15, 0.2) is 17.8 Å². The fourth-order valence-electron chi connectivity index (χ4n) is 3.19. The molecule has 0 saturated carbocycles. The van der Waals surface area contributed by atoms with Crippen LogP contribution in [0.3, 0.4) is 0 Å². The molecule has 4 rings (SSSR count). The normalized spacial score (nSPS) is 17.1. The lowest BCUT2D eigenvalue weighted by Gasteiger charge is -2.33. The molecule has 2 aliphatic heterocycles. The van der Waals surface area contributed by atoms with Gasteiger partial charge in [0.1, 0.15) is 4.34 Å². The largest absolute Gasteiger partial charge is 0.345 e. The second kappa shape index (κ2) is 10.2. The van der Waals surface area contributed by atoms with Crippen LogP contribution in [0.1, 0.15) is 13.8 Å². The van der Waals surface area contributed by atoms with Gasteiger partial charge in [0, 0.05) is 77.8 Å². The number of hydrogen-bond acceptors (Lipinski definition) is 8. The van der Waals surface area contributed by atoms with Crippen molar-refractivity contribution in [2.24, 2.45) is 0 Å². The van der Waals surface area contributed by atoms with E-state index in [-0.39, 0.29) is 11.8 Å². The van der Waals surface area contributed by atoms with E-state index in [1.54, 1.807) is 31.4 Å². The van der Waals surface area contributed by atoms with E-state index in [1.165, 1.54) is 11.3 Å². The highest BCUT2D eigenvalue weighted by Gasteiger charge is 2.21. The van der Waals surface area contributed by atoms with Gasteiger partial charge in [-0.05, 0) is 0 Å². The quantitative estimate of drug-likeness (QED) is 0.690. The van der Waals surface area contributed by atoms with E-state index in [0.29, 0.717) is 4.34 Å². The third kappa shape index (κ3) is 6.03. The Bertz CT molecular complexity index is 799. The van der Waals surface area contributed by atoms with Gasteiger partial charge in [0.25, 0.3) is 0 Å². The average Bonchev–Trinajstić information content (AvgIpc) is 3.41. The Morgan fingerprint density at radius 1 is 0.862 bits per heavy atom. The Hall–Kier alpha value is -1.91. The van der Waals surface area contributed by atoms with Crippen LogP contribution in [-0.2, 0) is 9.59 Å². The molecule has 0 unspecified atom stereocenters. The molecular weight excluding hydrogens is 432 g/mol. The molecule has 2 aliphatic rings. The first-order chi connectivity index (χ1) is 13.9. The number of nitrogens with zero attached hydrogens (tertiary/aromatic N) is 6.